The molecule has 0 unspecified atom stereocenters. The van der Waals surface area contributed by atoms with Crippen molar-refractivity contribution in [1.29, 1.82) is 0 Å². The first-order chi connectivity index (χ1) is 18.2. The number of allylic oxidation sites excluding steroid dienone is 1. The number of rotatable bonds is 8. The average Bonchev–Trinajstić information content (AvgIpc) is 3.20. The van der Waals surface area contributed by atoms with Crippen LogP contribution in [0, 0.1) is 3.57 Å². The molecule has 4 rings (SSSR count). The van der Waals surface area contributed by atoms with Crippen molar-refractivity contribution in [2.24, 2.45) is 4.99 Å². The molecule has 3 aromatic rings. The SMILES string of the molecule is CCOC(=O)C1=C(C)N=c2s/c(=C\c3cc(I)c(O)c(OCC)c3)c(=O)n2[C@H]1c1ccc(OC)cc1OC. The fourth-order valence-corrected chi connectivity index (χ4v) is 5.90. The van der Waals surface area contributed by atoms with Crippen LogP contribution in [0.2, 0.25) is 0 Å². The maximum atomic E-state index is 13.9. The molecule has 2 heterocycles. The number of thiazole rings is 1. The molecule has 9 nitrogen and oxygen atoms in total. The summed E-state index contributed by atoms with van der Waals surface area (Å²) in [7, 11) is 3.07. The van der Waals surface area contributed by atoms with Crippen LogP contribution in [-0.2, 0) is 9.53 Å². The Kier molecular flexibility index (Phi) is 8.46. The van der Waals surface area contributed by atoms with E-state index in [0.717, 1.165) is 0 Å². The minimum Gasteiger partial charge on any atom is -0.504 e. The third-order valence-corrected chi connectivity index (χ3v) is 7.71. The van der Waals surface area contributed by atoms with Gasteiger partial charge in [-0.2, -0.15) is 0 Å². The molecule has 200 valence electrons. The Morgan fingerprint density at radius 3 is 2.58 bits per heavy atom. The van der Waals surface area contributed by atoms with Crippen molar-refractivity contribution >= 4 is 46.0 Å². The minimum absolute atomic E-state index is 0.0485. The van der Waals surface area contributed by atoms with Gasteiger partial charge in [0, 0.05) is 11.6 Å². The first kappa shape index (κ1) is 27.7. The van der Waals surface area contributed by atoms with Crippen LogP contribution in [0.4, 0.5) is 0 Å². The summed E-state index contributed by atoms with van der Waals surface area (Å²) < 4.78 is 24.4. The number of methoxy groups -OCH3 is 2. The lowest BCUT2D eigenvalue weighted by Crippen LogP contribution is -2.40. The van der Waals surface area contributed by atoms with Gasteiger partial charge in [-0.1, -0.05) is 11.3 Å². The molecule has 0 saturated carbocycles. The highest BCUT2D eigenvalue weighted by Crippen LogP contribution is 2.38. The van der Waals surface area contributed by atoms with E-state index in [1.54, 1.807) is 57.4 Å². The molecule has 38 heavy (non-hydrogen) atoms. The molecule has 1 atom stereocenters. The maximum absolute atomic E-state index is 13.9. The van der Waals surface area contributed by atoms with Crippen molar-refractivity contribution in [1.82, 2.24) is 4.57 Å². The number of fused-ring (bicyclic) bond motifs is 1. The van der Waals surface area contributed by atoms with Crippen LogP contribution >= 0.6 is 33.9 Å². The first-order valence-electron chi connectivity index (χ1n) is 11.8. The van der Waals surface area contributed by atoms with Gasteiger partial charge in [0.25, 0.3) is 5.56 Å². The van der Waals surface area contributed by atoms with Crippen LogP contribution in [0.3, 0.4) is 0 Å². The highest BCUT2D eigenvalue weighted by Gasteiger charge is 2.35. The molecule has 1 aromatic heterocycles. The summed E-state index contributed by atoms with van der Waals surface area (Å²) >= 11 is 3.22. The molecular weight excluding hydrogens is 623 g/mol. The van der Waals surface area contributed by atoms with E-state index >= 15 is 0 Å². The van der Waals surface area contributed by atoms with Crippen LogP contribution in [0.1, 0.15) is 37.9 Å². The fraction of sp³-hybridized carbons (Fsp3) is 0.296. The largest absolute Gasteiger partial charge is 0.504 e. The summed E-state index contributed by atoms with van der Waals surface area (Å²) in [4.78, 5) is 32.1. The van der Waals surface area contributed by atoms with Crippen LogP contribution in [0.15, 0.2) is 51.4 Å². The maximum Gasteiger partial charge on any atom is 0.338 e. The third kappa shape index (κ3) is 5.17. The number of esters is 1. The van der Waals surface area contributed by atoms with E-state index in [1.165, 1.54) is 23.0 Å². The van der Waals surface area contributed by atoms with Gasteiger partial charge < -0.3 is 24.1 Å². The van der Waals surface area contributed by atoms with E-state index in [-0.39, 0.29) is 23.5 Å². The molecule has 11 heteroatoms. The highest BCUT2D eigenvalue weighted by molar-refractivity contribution is 14.1. The lowest BCUT2D eigenvalue weighted by Gasteiger charge is -2.26. The second kappa shape index (κ2) is 11.6. The van der Waals surface area contributed by atoms with E-state index in [0.29, 0.717) is 53.6 Å². The fourth-order valence-electron chi connectivity index (χ4n) is 4.22. The number of aromatic hydroxyl groups is 1. The van der Waals surface area contributed by atoms with Gasteiger partial charge in [-0.3, -0.25) is 9.36 Å². The van der Waals surface area contributed by atoms with Crippen molar-refractivity contribution in [3.8, 4) is 23.0 Å². The van der Waals surface area contributed by atoms with Gasteiger partial charge in [0.2, 0.25) is 0 Å². The molecule has 1 aliphatic rings. The number of aromatic nitrogens is 1. The molecule has 0 aliphatic carbocycles. The van der Waals surface area contributed by atoms with Crippen molar-refractivity contribution < 1.29 is 28.8 Å². The summed E-state index contributed by atoms with van der Waals surface area (Å²) in [6, 6.07) is 7.84. The zero-order valence-electron chi connectivity index (χ0n) is 21.5. The van der Waals surface area contributed by atoms with E-state index in [4.69, 9.17) is 18.9 Å². The van der Waals surface area contributed by atoms with E-state index in [2.05, 4.69) is 4.99 Å². The van der Waals surface area contributed by atoms with Gasteiger partial charge >= 0.3 is 5.97 Å². The Balaban J connectivity index is 1.98. The topological polar surface area (TPSA) is 109 Å². The second-order valence-electron chi connectivity index (χ2n) is 8.19. The van der Waals surface area contributed by atoms with Crippen LogP contribution < -0.4 is 29.1 Å². The molecule has 0 saturated heterocycles. The third-order valence-electron chi connectivity index (χ3n) is 5.90. The number of halogens is 1. The molecule has 0 spiro atoms. The van der Waals surface area contributed by atoms with E-state index in [9.17, 15) is 14.7 Å². The molecule has 0 radical (unpaired) electrons. The summed E-state index contributed by atoms with van der Waals surface area (Å²) in [5.41, 5.74) is 1.66. The van der Waals surface area contributed by atoms with E-state index in [1.807, 2.05) is 29.5 Å². The summed E-state index contributed by atoms with van der Waals surface area (Å²) in [6.45, 7) is 5.83. The molecule has 2 aromatic carbocycles. The first-order valence-corrected chi connectivity index (χ1v) is 13.7. The van der Waals surface area contributed by atoms with Crippen LogP contribution in [0.5, 0.6) is 23.0 Å². The van der Waals surface area contributed by atoms with Crippen LogP contribution in [0.25, 0.3) is 6.08 Å². The van der Waals surface area contributed by atoms with Gasteiger partial charge in [0.15, 0.2) is 16.3 Å². The molecule has 1 N–H and O–H groups in total. The van der Waals surface area contributed by atoms with Gasteiger partial charge in [-0.15, -0.1) is 0 Å². The minimum atomic E-state index is -0.827. The van der Waals surface area contributed by atoms with Gasteiger partial charge in [0.05, 0.1) is 46.8 Å². The van der Waals surface area contributed by atoms with Crippen LogP contribution in [-0.4, -0.2) is 43.1 Å². The van der Waals surface area contributed by atoms with Gasteiger partial charge in [0.1, 0.15) is 17.5 Å². The summed E-state index contributed by atoms with van der Waals surface area (Å²) in [5, 5.41) is 10.3. The zero-order chi connectivity index (χ0) is 27.6. The predicted molar refractivity (Wildman–Crippen MR) is 152 cm³/mol. The molecular formula is C27H27IN2O7S. The molecule has 0 fully saturated rings. The second-order valence-corrected chi connectivity index (χ2v) is 10.4. The Morgan fingerprint density at radius 1 is 1.16 bits per heavy atom. The normalized spacial score (nSPS) is 15.1. The van der Waals surface area contributed by atoms with Gasteiger partial charge in [-0.05, 0) is 79.3 Å². The predicted octanol–water partition coefficient (Wildman–Crippen LogP) is 3.52. The lowest BCUT2D eigenvalue weighted by molar-refractivity contribution is -0.139. The molecule has 0 amide bonds. The van der Waals surface area contributed by atoms with Crippen molar-refractivity contribution in [3.05, 3.63) is 76.0 Å². The lowest BCUT2D eigenvalue weighted by atomic mass is 9.95. The number of carbonyl (C=O) groups is 1. The quantitative estimate of drug-likeness (QED) is 0.294. The monoisotopic (exact) mass is 650 g/mol. The number of ether oxygens (including phenoxy) is 4. The molecule has 1 aliphatic heterocycles. The Labute approximate surface area is 236 Å². The van der Waals surface area contributed by atoms with E-state index < -0.39 is 12.0 Å². The number of hydrogen-bond acceptors (Lipinski definition) is 9. The summed E-state index contributed by atoms with van der Waals surface area (Å²) in [6.07, 6.45) is 1.72. The highest BCUT2D eigenvalue weighted by atomic mass is 127. The molecule has 0 bridgehead atoms. The smallest absolute Gasteiger partial charge is 0.338 e. The number of carbonyl (C=O) groups excluding carboxylic acids is 1. The Hall–Kier alpha value is -3.32. The average molecular weight is 650 g/mol. The standard InChI is InChI=1S/C27H27IN2O7S/c1-6-36-20-11-15(10-18(28)24(20)31)12-21-25(32)30-23(17-9-8-16(34-4)13-19(17)35-5)22(26(33)37-7-2)14(3)29-27(30)38-21/h8-13,23,31H,6-7H2,1-5H3/b21-12-/t23-/m0/s1. The number of phenols is 1. The number of nitrogens with zero attached hydrogens (tertiary/aromatic N) is 2. The zero-order valence-corrected chi connectivity index (χ0v) is 24.5. The number of phenolic OH excluding ortho intramolecular Hbond substituents is 1. The Morgan fingerprint density at radius 2 is 1.92 bits per heavy atom. The summed E-state index contributed by atoms with van der Waals surface area (Å²) in [5.74, 6) is 0.853. The van der Waals surface area contributed by atoms with Crippen molar-refractivity contribution in [2.75, 3.05) is 27.4 Å². The van der Waals surface area contributed by atoms with Gasteiger partial charge in [-0.25, -0.2) is 9.79 Å². The van der Waals surface area contributed by atoms with Crippen molar-refractivity contribution in [3.63, 3.8) is 0 Å². The number of hydrogen-bond donors (Lipinski definition) is 1. The number of benzene rings is 2. The Bertz CT molecular complexity index is 1610. The van der Waals surface area contributed by atoms with Crippen molar-refractivity contribution in [2.45, 2.75) is 26.8 Å².